The van der Waals surface area contributed by atoms with Gasteiger partial charge in [-0.05, 0) is 17.7 Å². The number of carbonyl (C=O) groups excluding carboxylic acids is 5. The van der Waals surface area contributed by atoms with Gasteiger partial charge < -0.3 is 30.0 Å². The summed E-state index contributed by atoms with van der Waals surface area (Å²) in [6, 6.07) is 3.68. The van der Waals surface area contributed by atoms with Crippen molar-refractivity contribution in [3.63, 3.8) is 0 Å². The van der Waals surface area contributed by atoms with Crippen LogP contribution in [-0.2, 0) is 24.0 Å². The number of fused-ring (bicyclic) bond motifs is 1. The van der Waals surface area contributed by atoms with Crippen molar-refractivity contribution in [1.29, 1.82) is 0 Å². The van der Waals surface area contributed by atoms with E-state index in [9.17, 15) is 33.9 Å². The van der Waals surface area contributed by atoms with Gasteiger partial charge in [0.15, 0.2) is 6.04 Å². The van der Waals surface area contributed by atoms with Crippen molar-refractivity contribution in [3.8, 4) is 5.75 Å². The molecule has 0 aliphatic carbocycles. The van der Waals surface area contributed by atoms with Crippen LogP contribution in [-0.4, -0.2) is 86.3 Å². The number of pyridine rings is 1. The molecule has 0 spiro atoms. The average molecular weight is 550 g/mol. The van der Waals surface area contributed by atoms with Crippen molar-refractivity contribution >= 4 is 47.1 Å². The standard InChI is InChI=1S/C25H23N7O8/c33-13-30-7-9-31(10-8-30)25-27-11-16-21(37)17(12-26-22(16)29-25)23(38)28-20(14-1-3-15(34)4-2-14)24(39)40-32-18(35)5-6-19(32)36/h1-4,11-13,20,34H,5-10H2,(H,28,38)(H,26,27,29,37). The number of aromatic hydroxyl groups is 1. The number of carbonyl (C=O) groups is 5. The molecule has 15 heteroatoms. The number of anilines is 1. The molecule has 40 heavy (non-hydrogen) atoms. The Labute approximate surface area is 225 Å². The Balaban J connectivity index is 1.39. The highest BCUT2D eigenvalue weighted by molar-refractivity contribution is 6.02. The number of nitrogens with zero attached hydrogens (tertiary/aromatic N) is 5. The van der Waals surface area contributed by atoms with Gasteiger partial charge in [-0.1, -0.05) is 12.1 Å². The van der Waals surface area contributed by atoms with Gasteiger partial charge >= 0.3 is 5.97 Å². The molecule has 15 nitrogen and oxygen atoms in total. The predicted octanol–water partition coefficient (Wildman–Crippen LogP) is -0.620. The third-order valence-corrected chi connectivity index (χ3v) is 6.53. The molecule has 3 N–H and O–H groups in total. The lowest BCUT2D eigenvalue weighted by atomic mass is 10.1. The Hall–Kier alpha value is -5.34. The van der Waals surface area contributed by atoms with E-state index >= 15 is 0 Å². The molecule has 4 heterocycles. The van der Waals surface area contributed by atoms with Gasteiger partial charge in [0.1, 0.15) is 17.0 Å². The van der Waals surface area contributed by atoms with Gasteiger partial charge in [-0.15, -0.1) is 5.06 Å². The van der Waals surface area contributed by atoms with Crippen LogP contribution in [0, 0.1) is 0 Å². The number of phenolic OH excluding ortho intramolecular Hbond substituents is 1. The number of aromatic amines is 1. The van der Waals surface area contributed by atoms with Crippen LogP contribution in [0.25, 0.3) is 11.0 Å². The van der Waals surface area contributed by atoms with E-state index < -0.39 is 35.2 Å². The summed E-state index contributed by atoms with van der Waals surface area (Å²) in [4.78, 5) is 94.1. The minimum atomic E-state index is -1.53. The maximum atomic E-state index is 13.2. The van der Waals surface area contributed by atoms with Crippen LogP contribution in [0.5, 0.6) is 5.75 Å². The van der Waals surface area contributed by atoms with Gasteiger partial charge in [0.25, 0.3) is 17.7 Å². The van der Waals surface area contributed by atoms with Crippen LogP contribution in [0.3, 0.4) is 0 Å². The third-order valence-electron chi connectivity index (χ3n) is 6.53. The number of hydrogen-bond acceptors (Lipinski definition) is 11. The average Bonchev–Trinajstić information content (AvgIpc) is 3.28. The van der Waals surface area contributed by atoms with E-state index in [2.05, 4.69) is 20.3 Å². The minimum Gasteiger partial charge on any atom is -0.508 e. The highest BCUT2D eigenvalue weighted by Crippen LogP contribution is 2.22. The smallest absolute Gasteiger partial charge is 0.359 e. The summed E-state index contributed by atoms with van der Waals surface area (Å²) < 4.78 is 0. The summed E-state index contributed by atoms with van der Waals surface area (Å²) in [5, 5.41) is 12.4. The van der Waals surface area contributed by atoms with Crippen LogP contribution in [0.2, 0.25) is 0 Å². The fraction of sp³-hybridized carbons (Fsp3) is 0.280. The molecule has 2 saturated heterocycles. The second-order valence-corrected chi connectivity index (χ2v) is 9.08. The molecule has 2 fully saturated rings. The number of benzene rings is 1. The highest BCUT2D eigenvalue weighted by atomic mass is 16.7. The second-order valence-electron chi connectivity index (χ2n) is 9.08. The lowest BCUT2D eigenvalue weighted by molar-refractivity contribution is -0.199. The highest BCUT2D eigenvalue weighted by Gasteiger charge is 2.36. The maximum absolute atomic E-state index is 13.2. The first-order valence-electron chi connectivity index (χ1n) is 12.3. The monoisotopic (exact) mass is 549 g/mol. The van der Waals surface area contributed by atoms with Crippen molar-refractivity contribution in [1.82, 2.24) is 30.2 Å². The fourth-order valence-corrected chi connectivity index (χ4v) is 4.30. The molecule has 1 atom stereocenters. The normalized spacial score (nSPS) is 16.2. The van der Waals surface area contributed by atoms with Gasteiger partial charge in [0, 0.05) is 51.4 Å². The molecule has 206 valence electrons. The summed E-state index contributed by atoms with van der Waals surface area (Å²) >= 11 is 0. The van der Waals surface area contributed by atoms with E-state index in [0.717, 1.165) is 12.6 Å². The van der Waals surface area contributed by atoms with Gasteiger partial charge in [-0.25, -0.2) is 9.78 Å². The summed E-state index contributed by atoms with van der Waals surface area (Å²) in [7, 11) is 0. The van der Waals surface area contributed by atoms with E-state index in [1.807, 2.05) is 4.90 Å². The van der Waals surface area contributed by atoms with Gasteiger partial charge in [-0.2, -0.15) is 4.98 Å². The predicted molar refractivity (Wildman–Crippen MR) is 136 cm³/mol. The molecule has 0 saturated carbocycles. The summed E-state index contributed by atoms with van der Waals surface area (Å²) in [6.07, 6.45) is 2.98. The molecule has 5 rings (SSSR count). The molecule has 1 unspecified atom stereocenters. The first kappa shape index (κ1) is 26.3. The Morgan fingerprint density at radius 2 is 1.73 bits per heavy atom. The van der Waals surface area contributed by atoms with Crippen LogP contribution in [0.1, 0.15) is 34.8 Å². The van der Waals surface area contributed by atoms with Crippen LogP contribution in [0.15, 0.2) is 41.5 Å². The molecule has 2 aromatic heterocycles. The number of imide groups is 1. The molecule has 4 amide bonds. The number of nitrogens with one attached hydrogen (secondary N) is 2. The molecule has 1 aromatic carbocycles. The van der Waals surface area contributed by atoms with E-state index in [1.165, 1.54) is 30.5 Å². The largest absolute Gasteiger partial charge is 0.508 e. The van der Waals surface area contributed by atoms with E-state index in [-0.39, 0.29) is 40.8 Å². The van der Waals surface area contributed by atoms with Crippen LogP contribution >= 0.6 is 0 Å². The SMILES string of the molecule is O=CN1CCN(c2ncc3c(=O)c(C(=O)NC(C(=O)ON4C(=O)CCC4=O)c4ccc(O)cc4)c[nH]c3n2)CC1. The molecule has 0 bridgehead atoms. The zero-order chi connectivity index (χ0) is 28.4. The molecule has 3 aromatic rings. The van der Waals surface area contributed by atoms with Crippen molar-refractivity contribution in [2.75, 3.05) is 31.1 Å². The minimum absolute atomic E-state index is 0.0277. The zero-order valence-corrected chi connectivity index (χ0v) is 20.9. The Morgan fingerprint density at radius 3 is 2.38 bits per heavy atom. The van der Waals surface area contributed by atoms with E-state index in [0.29, 0.717) is 37.2 Å². The maximum Gasteiger partial charge on any atom is 0.359 e. The van der Waals surface area contributed by atoms with Gasteiger partial charge in [0.05, 0.1) is 5.39 Å². The van der Waals surface area contributed by atoms with E-state index in [1.54, 1.807) is 4.90 Å². The number of aromatic nitrogens is 3. The van der Waals surface area contributed by atoms with E-state index in [4.69, 9.17) is 4.84 Å². The first-order chi connectivity index (χ1) is 19.2. The lowest BCUT2D eigenvalue weighted by Crippen LogP contribution is -2.46. The first-order valence-corrected chi connectivity index (χ1v) is 12.3. The number of piperazine rings is 1. The zero-order valence-electron chi connectivity index (χ0n) is 20.9. The van der Waals surface area contributed by atoms with Crippen molar-refractivity contribution in [2.45, 2.75) is 18.9 Å². The summed E-state index contributed by atoms with van der Waals surface area (Å²) in [6.45, 7) is 2.03. The third kappa shape index (κ3) is 5.16. The summed E-state index contributed by atoms with van der Waals surface area (Å²) in [5.74, 6) is -3.26. The molecular formula is C25H23N7O8. The second kappa shape index (κ2) is 10.8. The molecule has 2 aliphatic rings. The number of phenols is 1. The van der Waals surface area contributed by atoms with Crippen molar-refractivity contribution < 1.29 is 33.9 Å². The molecule has 0 radical (unpaired) electrons. The molecule has 2 aliphatic heterocycles. The Bertz CT molecular complexity index is 1550. The van der Waals surface area contributed by atoms with Crippen molar-refractivity contribution in [2.24, 2.45) is 0 Å². The Kier molecular flexibility index (Phi) is 7.09. The molecular weight excluding hydrogens is 526 g/mol. The van der Waals surface area contributed by atoms with Crippen LogP contribution in [0.4, 0.5) is 5.95 Å². The quantitative estimate of drug-likeness (QED) is 0.251. The van der Waals surface area contributed by atoms with Crippen molar-refractivity contribution in [3.05, 3.63) is 58.0 Å². The number of amides is 4. The topological polar surface area (TPSA) is 195 Å². The van der Waals surface area contributed by atoms with Gasteiger partial charge in [0.2, 0.25) is 17.8 Å². The van der Waals surface area contributed by atoms with Crippen LogP contribution < -0.4 is 15.6 Å². The summed E-state index contributed by atoms with van der Waals surface area (Å²) in [5.41, 5.74) is -0.709. The fourth-order valence-electron chi connectivity index (χ4n) is 4.30. The number of H-pyrrole nitrogens is 1. The Morgan fingerprint density at radius 1 is 1.05 bits per heavy atom. The lowest BCUT2D eigenvalue weighted by Gasteiger charge is -2.32. The number of rotatable bonds is 7. The number of hydroxylamine groups is 2. The van der Waals surface area contributed by atoms with Gasteiger partial charge in [-0.3, -0.25) is 24.0 Å². The number of hydrogen-bond donors (Lipinski definition) is 3.